The maximum absolute atomic E-state index is 12.4. The molecule has 2 rings (SSSR count). The molecule has 0 radical (unpaired) electrons. The number of nitrogens with zero attached hydrogens (tertiary/aromatic N) is 2. The number of amides is 2. The molecular formula is C16H18Cl2N2O4. The molecule has 1 N–H and O–H groups in total. The Labute approximate surface area is 150 Å². The number of hydrogen-bond donors (Lipinski definition) is 1. The third kappa shape index (κ3) is 4.01. The molecule has 1 aliphatic rings. The summed E-state index contributed by atoms with van der Waals surface area (Å²) < 4.78 is 0. The molecule has 1 heterocycles. The predicted molar refractivity (Wildman–Crippen MR) is 90.8 cm³/mol. The first-order valence-corrected chi connectivity index (χ1v) is 8.08. The smallest absolute Gasteiger partial charge is 0.289 e. The Morgan fingerprint density at radius 2 is 2.08 bits per heavy atom. The topological polar surface area (TPSA) is 70.1 Å². The van der Waals surface area contributed by atoms with Gasteiger partial charge in [0.15, 0.2) is 5.76 Å². The van der Waals surface area contributed by atoms with Crippen LogP contribution in [0, 0.1) is 0 Å². The van der Waals surface area contributed by atoms with Gasteiger partial charge in [0, 0.05) is 13.6 Å². The van der Waals surface area contributed by atoms with Gasteiger partial charge >= 0.3 is 0 Å². The molecular weight excluding hydrogens is 355 g/mol. The maximum Gasteiger partial charge on any atom is 0.289 e. The van der Waals surface area contributed by atoms with Crippen LogP contribution in [0.1, 0.15) is 12.0 Å². The summed E-state index contributed by atoms with van der Waals surface area (Å²) in [4.78, 5) is 30.3. The first-order valence-electron chi connectivity index (χ1n) is 7.32. The Morgan fingerprint density at radius 1 is 1.38 bits per heavy atom. The zero-order valence-corrected chi connectivity index (χ0v) is 14.9. The fraction of sp³-hybridized carbons (Fsp3) is 0.375. The van der Waals surface area contributed by atoms with E-state index in [9.17, 15) is 14.7 Å². The van der Waals surface area contributed by atoms with Gasteiger partial charge in [-0.1, -0.05) is 29.3 Å². The van der Waals surface area contributed by atoms with Gasteiger partial charge in [-0.3, -0.25) is 14.4 Å². The Bertz CT molecular complexity index is 691. The molecule has 0 unspecified atom stereocenters. The van der Waals surface area contributed by atoms with Crippen molar-refractivity contribution in [1.82, 2.24) is 9.96 Å². The number of aliphatic hydroxyl groups excluding tert-OH is 1. The van der Waals surface area contributed by atoms with Crippen molar-refractivity contribution in [2.75, 3.05) is 27.2 Å². The fourth-order valence-corrected chi connectivity index (χ4v) is 2.73. The molecule has 130 valence electrons. The van der Waals surface area contributed by atoms with Gasteiger partial charge in [-0.2, -0.15) is 0 Å². The molecule has 0 atom stereocenters. The highest BCUT2D eigenvalue weighted by atomic mass is 35.5. The first kappa shape index (κ1) is 18.6. The average Bonchev–Trinajstić information content (AvgIpc) is 2.82. The number of rotatable bonds is 6. The summed E-state index contributed by atoms with van der Waals surface area (Å²) >= 11 is 11.8. The average molecular weight is 373 g/mol. The van der Waals surface area contributed by atoms with Crippen LogP contribution in [-0.2, 0) is 20.8 Å². The van der Waals surface area contributed by atoms with Crippen molar-refractivity contribution in [3.63, 3.8) is 0 Å². The van der Waals surface area contributed by atoms with E-state index in [1.807, 2.05) is 6.07 Å². The number of aliphatic hydroxyl groups is 1. The second-order valence-corrected chi connectivity index (χ2v) is 6.24. The number of hydrogen-bond acceptors (Lipinski definition) is 4. The highest BCUT2D eigenvalue weighted by Crippen LogP contribution is 2.23. The first-order chi connectivity index (χ1) is 11.3. The van der Waals surface area contributed by atoms with Gasteiger partial charge < -0.3 is 10.0 Å². The van der Waals surface area contributed by atoms with E-state index in [2.05, 4.69) is 0 Å². The van der Waals surface area contributed by atoms with E-state index < -0.39 is 17.6 Å². The fourth-order valence-electron chi connectivity index (χ4n) is 2.41. The second kappa shape index (κ2) is 7.88. The van der Waals surface area contributed by atoms with Crippen molar-refractivity contribution in [1.29, 1.82) is 0 Å². The van der Waals surface area contributed by atoms with Crippen LogP contribution in [0.25, 0.3) is 0 Å². The molecule has 0 aliphatic carbocycles. The third-order valence-electron chi connectivity index (χ3n) is 3.75. The zero-order chi connectivity index (χ0) is 17.9. The largest absolute Gasteiger partial charge is 0.503 e. The van der Waals surface area contributed by atoms with Gasteiger partial charge in [0.05, 0.1) is 29.3 Å². The SMILES string of the molecule is CON(CCCc1ccc(Cl)c(Cl)c1)C(=O)C1=C(O)C(=O)N(C)C1. The summed E-state index contributed by atoms with van der Waals surface area (Å²) in [6.07, 6.45) is 1.29. The summed E-state index contributed by atoms with van der Waals surface area (Å²) in [5, 5.41) is 11.9. The summed E-state index contributed by atoms with van der Waals surface area (Å²) in [7, 11) is 2.88. The standard InChI is InChI=1S/C16H18Cl2N2O4/c1-19-9-11(14(21)16(19)23)15(22)20(24-2)7-3-4-10-5-6-12(17)13(18)8-10/h5-6,8,21H,3-4,7,9H2,1-2H3. The molecule has 2 amide bonds. The lowest BCUT2D eigenvalue weighted by atomic mass is 10.1. The number of benzene rings is 1. The molecule has 0 bridgehead atoms. The Hall–Kier alpha value is -1.76. The molecule has 1 aromatic rings. The number of likely N-dealkylation sites (N-methyl/N-ethyl adjacent to an activating group) is 1. The molecule has 24 heavy (non-hydrogen) atoms. The Balaban J connectivity index is 1.96. The van der Waals surface area contributed by atoms with Gasteiger partial charge in [-0.05, 0) is 30.5 Å². The number of aryl methyl sites for hydroxylation is 1. The molecule has 0 saturated carbocycles. The van der Waals surface area contributed by atoms with Crippen molar-refractivity contribution >= 4 is 35.0 Å². The highest BCUT2D eigenvalue weighted by Gasteiger charge is 2.34. The quantitative estimate of drug-likeness (QED) is 0.779. The van der Waals surface area contributed by atoms with Crippen LogP contribution in [-0.4, -0.2) is 54.1 Å². The van der Waals surface area contributed by atoms with Gasteiger partial charge in [0.1, 0.15) is 0 Å². The number of carbonyl (C=O) groups excluding carboxylic acids is 2. The maximum atomic E-state index is 12.4. The van der Waals surface area contributed by atoms with E-state index in [0.29, 0.717) is 29.4 Å². The van der Waals surface area contributed by atoms with Gasteiger partial charge in [-0.25, -0.2) is 5.06 Å². The van der Waals surface area contributed by atoms with E-state index in [1.165, 1.54) is 19.1 Å². The lowest BCUT2D eigenvalue weighted by molar-refractivity contribution is -0.171. The minimum atomic E-state index is -0.565. The number of hydroxylamine groups is 2. The van der Waals surface area contributed by atoms with Crippen molar-refractivity contribution in [3.05, 3.63) is 45.1 Å². The van der Waals surface area contributed by atoms with Crippen molar-refractivity contribution in [2.24, 2.45) is 0 Å². The Kier molecular flexibility index (Phi) is 6.10. The third-order valence-corrected chi connectivity index (χ3v) is 4.49. The van der Waals surface area contributed by atoms with E-state index in [1.54, 1.807) is 12.1 Å². The van der Waals surface area contributed by atoms with Crippen molar-refractivity contribution in [3.8, 4) is 0 Å². The van der Waals surface area contributed by atoms with E-state index in [4.69, 9.17) is 28.0 Å². The predicted octanol–water partition coefficient (Wildman–Crippen LogP) is 2.60. The van der Waals surface area contributed by atoms with Crippen LogP contribution in [0.15, 0.2) is 29.5 Å². The van der Waals surface area contributed by atoms with Crippen LogP contribution in [0.2, 0.25) is 10.0 Å². The molecule has 0 spiro atoms. The summed E-state index contributed by atoms with van der Waals surface area (Å²) in [5.74, 6) is -1.60. The second-order valence-electron chi connectivity index (χ2n) is 5.43. The summed E-state index contributed by atoms with van der Waals surface area (Å²) in [6, 6.07) is 5.37. The lowest BCUT2D eigenvalue weighted by Gasteiger charge is -2.20. The van der Waals surface area contributed by atoms with Crippen molar-refractivity contribution in [2.45, 2.75) is 12.8 Å². The van der Waals surface area contributed by atoms with Crippen LogP contribution in [0.3, 0.4) is 0 Å². The van der Waals surface area contributed by atoms with Crippen LogP contribution in [0.4, 0.5) is 0 Å². The zero-order valence-electron chi connectivity index (χ0n) is 13.4. The lowest BCUT2D eigenvalue weighted by Crippen LogP contribution is -2.34. The van der Waals surface area contributed by atoms with E-state index in [-0.39, 0.29) is 12.1 Å². The van der Waals surface area contributed by atoms with E-state index >= 15 is 0 Å². The normalized spacial score (nSPS) is 14.5. The monoisotopic (exact) mass is 372 g/mol. The van der Waals surface area contributed by atoms with Crippen LogP contribution >= 0.6 is 23.2 Å². The highest BCUT2D eigenvalue weighted by molar-refractivity contribution is 6.42. The molecule has 0 aromatic heterocycles. The van der Waals surface area contributed by atoms with Crippen LogP contribution < -0.4 is 0 Å². The van der Waals surface area contributed by atoms with Crippen molar-refractivity contribution < 1.29 is 19.5 Å². The minimum Gasteiger partial charge on any atom is -0.503 e. The van der Waals surface area contributed by atoms with Gasteiger partial charge in [0.25, 0.3) is 11.8 Å². The molecule has 0 saturated heterocycles. The number of carbonyl (C=O) groups is 2. The molecule has 6 nitrogen and oxygen atoms in total. The van der Waals surface area contributed by atoms with Gasteiger partial charge in [0.2, 0.25) is 0 Å². The van der Waals surface area contributed by atoms with Gasteiger partial charge in [-0.15, -0.1) is 0 Å². The molecule has 8 heteroatoms. The summed E-state index contributed by atoms with van der Waals surface area (Å²) in [6.45, 7) is 0.375. The molecule has 1 aliphatic heterocycles. The number of halogens is 2. The molecule has 0 fully saturated rings. The summed E-state index contributed by atoms with van der Waals surface area (Å²) in [5.41, 5.74) is 1.03. The molecule has 1 aromatic carbocycles. The minimum absolute atomic E-state index is 0.0406. The Morgan fingerprint density at radius 3 is 2.62 bits per heavy atom. The van der Waals surface area contributed by atoms with Crippen LogP contribution in [0.5, 0.6) is 0 Å². The van der Waals surface area contributed by atoms with E-state index in [0.717, 1.165) is 10.6 Å².